The summed E-state index contributed by atoms with van der Waals surface area (Å²) in [5.41, 5.74) is 4.04. The molecule has 0 radical (unpaired) electrons. The van der Waals surface area contributed by atoms with Gasteiger partial charge < -0.3 is 5.32 Å². The minimum atomic E-state index is 0.673. The molecule has 0 bridgehead atoms. The fourth-order valence-electron chi connectivity index (χ4n) is 3.06. The molecule has 1 aromatic carbocycles. The van der Waals surface area contributed by atoms with Crippen LogP contribution in [0.15, 0.2) is 16.6 Å². The highest BCUT2D eigenvalue weighted by molar-refractivity contribution is 9.10. The Morgan fingerprint density at radius 2 is 1.67 bits per heavy atom. The van der Waals surface area contributed by atoms with Gasteiger partial charge in [-0.3, -0.25) is 0 Å². The highest BCUT2D eigenvalue weighted by Gasteiger charge is 2.20. The Hall–Kier alpha value is -0.500. The molecule has 1 aliphatic rings. The number of hydrogen-bond donors (Lipinski definition) is 1. The minimum absolute atomic E-state index is 0.673. The summed E-state index contributed by atoms with van der Waals surface area (Å²) in [7, 11) is 0. The Balaban J connectivity index is 2.02. The molecule has 1 aromatic rings. The maximum atomic E-state index is 3.77. The molecule has 2 rings (SSSR count). The van der Waals surface area contributed by atoms with E-state index < -0.39 is 0 Å². The molecule has 0 atom stereocenters. The Labute approximate surface area is 119 Å². The van der Waals surface area contributed by atoms with E-state index >= 15 is 0 Å². The van der Waals surface area contributed by atoms with Crippen LogP contribution in [0.4, 0.5) is 5.69 Å². The molecule has 1 N–H and O–H groups in total. The normalized spacial score (nSPS) is 24.0. The third kappa shape index (κ3) is 3.28. The second-order valence-electron chi connectivity index (χ2n) is 5.68. The molecule has 0 heterocycles. The van der Waals surface area contributed by atoms with Crippen molar-refractivity contribution in [3.05, 3.63) is 27.7 Å². The Kier molecular flexibility index (Phi) is 4.71. The van der Waals surface area contributed by atoms with Crippen LogP contribution >= 0.6 is 15.9 Å². The third-order valence-electron chi connectivity index (χ3n) is 4.27. The van der Waals surface area contributed by atoms with Crippen LogP contribution in [0.5, 0.6) is 0 Å². The summed E-state index contributed by atoms with van der Waals surface area (Å²) in [6.45, 7) is 6.71. The summed E-state index contributed by atoms with van der Waals surface area (Å²) in [5.74, 6) is 0.968. The number of anilines is 1. The highest BCUT2D eigenvalue weighted by Crippen LogP contribution is 2.31. The fraction of sp³-hybridized carbons (Fsp3) is 0.625. The van der Waals surface area contributed by atoms with Crippen LogP contribution < -0.4 is 5.32 Å². The molecule has 0 unspecified atom stereocenters. The second kappa shape index (κ2) is 6.10. The monoisotopic (exact) mass is 309 g/mol. The van der Waals surface area contributed by atoms with Crippen LogP contribution in [0.25, 0.3) is 0 Å². The van der Waals surface area contributed by atoms with Crippen LogP contribution in [0.1, 0.15) is 50.2 Å². The maximum absolute atomic E-state index is 3.77. The van der Waals surface area contributed by atoms with E-state index in [0.717, 1.165) is 5.92 Å². The summed E-state index contributed by atoms with van der Waals surface area (Å²) >= 11 is 3.56. The molecule has 0 amide bonds. The molecule has 2 heteroatoms. The predicted molar refractivity (Wildman–Crippen MR) is 83.3 cm³/mol. The molecular formula is C16H24BrN. The van der Waals surface area contributed by atoms with Gasteiger partial charge >= 0.3 is 0 Å². The molecule has 1 fully saturated rings. The molecule has 18 heavy (non-hydrogen) atoms. The van der Waals surface area contributed by atoms with Crippen LogP contribution in [0.3, 0.4) is 0 Å². The molecule has 1 nitrogen and oxygen atoms in total. The van der Waals surface area contributed by atoms with Crippen LogP contribution in [0.2, 0.25) is 0 Å². The van der Waals surface area contributed by atoms with E-state index in [1.165, 1.54) is 53.4 Å². The molecule has 0 aliphatic heterocycles. The topological polar surface area (TPSA) is 12.0 Å². The van der Waals surface area contributed by atoms with E-state index in [0.29, 0.717) is 6.04 Å². The standard InChI is InChI=1S/C16H24BrN/c1-4-13-5-7-15(8-6-13)18-16-11(2)9-14(17)10-12(16)3/h9-10,13,15,18H,4-8H2,1-3H3. The molecule has 1 aliphatic carbocycles. The smallest absolute Gasteiger partial charge is 0.0402 e. The largest absolute Gasteiger partial charge is 0.382 e. The van der Waals surface area contributed by atoms with Crippen molar-refractivity contribution < 1.29 is 0 Å². The van der Waals surface area contributed by atoms with E-state index in [4.69, 9.17) is 0 Å². The van der Waals surface area contributed by atoms with Gasteiger partial charge in [0.2, 0.25) is 0 Å². The van der Waals surface area contributed by atoms with Gasteiger partial charge in [-0.15, -0.1) is 0 Å². The van der Waals surface area contributed by atoms with Crippen LogP contribution in [0, 0.1) is 19.8 Å². The summed E-state index contributed by atoms with van der Waals surface area (Å²) < 4.78 is 1.18. The summed E-state index contributed by atoms with van der Waals surface area (Å²) in [6, 6.07) is 5.08. The summed E-state index contributed by atoms with van der Waals surface area (Å²) in [4.78, 5) is 0. The third-order valence-corrected chi connectivity index (χ3v) is 4.73. The zero-order valence-corrected chi connectivity index (χ0v) is 13.3. The predicted octanol–water partition coefficient (Wildman–Crippen LogP) is 5.45. The van der Waals surface area contributed by atoms with E-state index in [-0.39, 0.29) is 0 Å². The van der Waals surface area contributed by atoms with Gasteiger partial charge in [-0.25, -0.2) is 0 Å². The zero-order valence-electron chi connectivity index (χ0n) is 11.7. The van der Waals surface area contributed by atoms with Crippen molar-refractivity contribution >= 4 is 21.6 Å². The molecular weight excluding hydrogens is 286 g/mol. The average molecular weight is 310 g/mol. The van der Waals surface area contributed by atoms with Gasteiger partial charge in [0.1, 0.15) is 0 Å². The van der Waals surface area contributed by atoms with Crippen molar-refractivity contribution in [1.29, 1.82) is 0 Å². The van der Waals surface area contributed by atoms with Crippen molar-refractivity contribution in [2.75, 3.05) is 5.32 Å². The van der Waals surface area contributed by atoms with Gasteiger partial charge in [0.25, 0.3) is 0 Å². The van der Waals surface area contributed by atoms with Crippen LogP contribution in [-0.2, 0) is 0 Å². The van der Waals surface area contributed by atoms with Crippen molar-refractivity contribution in [3.8, 4) is 0 Å². The molecule has 100 valence electrons. The quantitative estimate of drug-likeness (QED) is 0.783. The molecule has 0 spiro atoms. The Morgan fingerprint density at radius 3 is 2.17 bits per heavy atom. The van der Waals surface area contributed by atoms with E-state index in [9.17, 15) is 0 Å². The van der Waals surface area contributed by atoms with E-state index in [1.807, 2.05) is 0 Å². The lowest BCUT2D eigenvalue weighted by atomic mass is 9.84. The highest BCUT2D eigenvalue weighted by atomic mass is 79.9. The number of aryl methyl sites for hydroxylation is 2. The lowest BCUT2D eigenvalue weighted by molar-refractivity contribution is 0.330. The number of nitrogens with one attached hydrogen (secondary N) is 1. The molecule has 1 saturated carbocycles. The maximum Gasteiger partial charge on any atom is 0.0402 e. The van der Waals surface area contributed by atoms with Gasteiger partial charge in [0.05, 0.1) is 0 Å². The second-order valence-corrected chi connectivity index (χ2v) is 6.60. The average Bonchev–Trinajstić information content (AvgIpc) is 2.34. The first kappa shape index (κ1) is 13.9. The van der Waals surface area contributed by atoms with Gasteiger partial charge in [-0.2, -0.15) is 0 Å². The number of hydrogen-bond acceptors (Lipinski definition) is 1. The van der Waals surface area contributed by atoms with Crippen molar-refractivity contribution in [2.24, 2.45) is 5.92 Å². The molecule has 0 saturated heterocycles. The lowest BCUT2D eigenvalue weighted by Crippen LogP contribution is -2.26. The number of halogens is 1. The van der Waals surface area contributed by atoms with Gasteiger partial charge in [0, 0.05) is 16.2 Å². The van der Waals surface area contributed by atoms with Crippen LogP contribution in [-0.4, -0.2) is 6.04 Å². The fourth-order valence-corrected chi connectivity index (χ4v) is 3.74. The zero-order chi connectivity index (χ0) is 13.1. The minimum Gasteiger partial charge on any atom is -0.382 e. The first-order valence-electron chi connectivity index (χ1n) is 7.13. The Morgan fingerprint density at radius 1 is 1.11 bits per heavy atom. The number of benzene rings is 1. The molecule has 0 aromatic heterocycles. The first-order valence-corrected chi connectivity index (χ1v) is 7.92. The van der Waals surface area contributed by atoms with E-state index in [1.54, 1.807) is 0 Å². The van der Waals surface area contributed by atoms with Crippen molar-refractivity contribution in [1.82, 2.24) is 0 Å². The summed E-state index contributed by atoms with van der Waals surface area (Å²) in [6.07, 6.45) is 6.79. The SMILES string of the molecule is CCC1CCC(Nc2c(C)cc(Br)cc2C)CC1. The van der Waals surface area contributed by atoms with Gasteiger partial charge in [-0.05, 0) is 68.7 Å². The lowest BCUT2D eigenvalue weighted by Gasteiger charge is -2.30. The van der Waals surface area contributed by atoms with Gasteiger partial charge in [0.15, 0.2) is 0 Å². The Bertz CT molecular complexity index is 383. The van der Waals surface area contributed by atoms with E-state index in [2.05, 4.69) is 54.2 Å². The summed E-state index contributed by atoms with van der Waals surface area (Å²) in [5, 5.41) is 3.77. The first-order chi connectivity index (χ1) is 8.60. The number of rotatable bonds is 3. The van der Waals surface area contributed by atoms with Crippen molar-refractivity contribution in [2.45, 2.75) is 58.9 Å². The van der Waals surface area contributed by atoms with Gasteiger partial charge in [-0.1, -0.05) is 29.3 Å². The van der Waals surface area contributed by atoms with Crippen molar-refractivity contribution in [3.63, 3.8) is 0 Å².